The van der Waals surface area contributed by atoms with Gasteiger partial charge in [-0.3, -0.25) is 0 Å². The van der Waals surface area contributed by atoms with E-state index < -0.39 is 0 Å². The quantitative estimate of drug-likeness (QED) is 0.754. The summed E-state index contributed by atoms with van der Waals surface area (Å²) in [5.74, 6) is 0. The molecule has 0 amide bonds. The average molecular weight is 280 g/mol. The number of hydrogen-bond acceptors (Lipinski definition) is 1. The van der Waals surface area contributed by atoms with E-state index in [1.807, 2.05) is 55.5 Å². The first-order valence-corrected chi connectivity index (χ1v) is 6.69. The Bertz CT molecular complexity index is 523. The van der Waals surface area contributed by atoms with Gasteiger partial charge in [0.25, 0.3) is 0 Å². The fourth-order valence-corrected chi connectivity index (χ4v) is 2.25. The fraction of sp³-hybridized carbons (Fsp3) is 0.200. The van der Waals surface area contributed by atoms with Crippen LogP contribution in [-0.4, -0.2) is 0 Å². The monoisotopic (exact) mass is 279 g/mol. The summed E-state index contributed by atoms with van der Waals surface area (Å²) in [5.41, 5.74) is 3.33. The number of nitrogens with one attached hydrogen (secondary N) is 1. The molecule has 0 fully saturated rings. The summed E-state index contributed by atoms with van der Waals surface area (Å²) < 4.78 is 0. The lowest BCUT2D eigenvalue weighted by atomic mass is 10.1. The zero-order valence-electron chi connectivity index (χ0n) is 10.2. The fourth-order valence-electron chi connectivity index (χ4n) is 1.85. The van der Waals surface area contributed by atoms with E-state index >= 15 is 0 Å². The van der Waals surface area contributed by atoms with E-state index in [1.165, 1.54) is 0 Å². The Morgan fingerprint density at radius 3 is 2.61 bits per heavy atom. The third-order valence-electron chi connectivity index (χ3n) is 2.76. The molecule has 0 aliphatic carbocycles. The molecule has 0 bridgehead atoms. The Morgan fingerprint density at radius 2 is 1.89 bits per heavy atom. The Morgan fingerprint density at radius 1 is 1.11 bits per heavy atom. The topological polar surface area (TPSA) is 12.0 Å². The molecule has 0 saturated carbocycles. The molecule has 0 aliphatic heterocycles. The number of hydrogen-bond donors (Lipinski definition) is 1. The van der Waals surface area contributed by atoms with Crippen LogP contribution in [-0.2, 0) is 6.54 Å². The molecule has 2 aromatic carbocycles. The minimum atomic E-state index is -0.00642. The second-order valence-corrected chi connectivity index (χ2v) is 5.28. The molecule has 1 atom stereocenters. The molecule has 2 rings (SSSR count). The Labute approximate surface area is 118 Å². The minimum Gasteiger partial charge on any atom is -0.381 e. The third kappa shape index (κ3) is 3.41. The largest absolute Gasteiger partial charge is 0.381 e. The third-order valence-corrected chi connectivity index (χ3v) is 3.23. The summed E-state index contributed by atoms with van der Waals surface area (Å²) in [6.07, 6.45) is 0. The van der Waals surface area contributed by atoms with E-state index in [0.717, 1.165) is 28.4 Å². The number of halogens is 2. The van der Waals surface area contributed by atoms with Crippen LogP contribution >= 0.6 is 23.2 Å². The van der Waals surface area contributed by atoms with E-state index in [2.05, 4.69) is 5.32 Å². The van der Waals surface area contributed by atoms with Crippen molar-refractivity contribution < 1.29 is 0 Å². The summed E-state index contributed by atoms with van der Waals surface area (Å²) >= 11 is 12.1. The summed E-state index contributed by atoms with van der Waals surface area (Å²) in [5, 5.41) is 4.15. The molecule has 0 heterocycles. The van der Waals surface area contributed by atoms with Crippen molar-refractivity contribution in [2.75, 3.05) is 5.32 Å². The van der Waals surface area contributed by atoms with E-state index in [0.29, 0.717) is 0 Å². The molecule has 1 N–H and O–H groups in total. The second-order valence-electron chi connectivity index (χ2n) is 4.19. The van der Waals surface area contributed by atoms with Crippen LogP contribution < -0.4 is 5.32 Å². The molecule has 0 spiro atoms. The first kappa shape index (κ1) is 13.3. The lowest BCUT2D eigenvalue weighted by Crippen LogP contribution is -2.02. The molecule has 0 saturated heterocycles. The van der Waals surface area contributed by atoms with Crippen LogP contribution in [0.1, 0.15) is 23.4 Å². The van der Waals surface area contributed by atoms with E-state index in [1.54, 1.807) is 0 Å². The maximum atomic E-state index is 6.15. The summed E-state index contributed by atoms with van der Waals surface area (Å²) in [6.45, 7) is 2.71. The summed E-state index contributed by atoms with van der Waals surface area (Å²) in [6, 6.07) is 15.9. The molecule has 0 aromatic heterocycles. The van der Waals surface area contributed by atoms with Gasteiger partial charge in [-0.1, -0.05) is 41.9 Å². The number of anilines is 1. The van der Waals surface area contributed by atoms with E-state index in [-0.39, 0.29) is 5.38 Å². The zero-order chi connectivity index (χ0) is 13.0. The van der Waals surface area contributed by atoms with Crippen molar-refractivity contribution in [3.63, 3.8) is 0 Å². The van der Waals surface area contributed by atoms with Gasteiger partial charge >= 0.3 is 0 Å². The van der Waals surface area contributed by atoms with Crippen molar-refractivity contribution in [2.45, 2.75) is 18.8 Å². The maximum Gasteiger partial charge on any atom is 0.0577 e. The van der Waals surface area contributed by atoms with Gasteiger partial charge in [0.2, 0.25) is 0 Å². The smallest absolute Gasteiger partial charge is 0.0577 e. The van der Waals surface area contributed by atoms with Gasteiger partial charge in [0.1, 0.15) is 0 Å². The molecule has 18 heavy (non-hydrogen) atoms. The number of rotatable bonds is 4. The van der Waals surface area contributed by atoms with Crippen LogP contribution in [0.4, 0.5) is 5.69 Å². The molecular weight excluding hydrogens is 265 g/mol. The van der Waals surface area contributed by atoms with Crippen LogP contribution in [0.3, 0.4) is 0 Å². The van der Waals surface area contributed by atoms with E-state index in [4.69, 9.17) is 23.2 Å². The standard InChI is InChI=1S/C15H15Cl2N/c1-11(16)14-7-2-3-8-15(14)18-10-12-5-4-6-13(17)9-12/h2-9,11,18H,10H2,1H3. The highest BCUT2D eigenvalue weighted by molar-refractivity contribution is 6.30. The molecule has 0 radical (unpaired) electrons. The van der Waals surface area contributed by atoms with Gasteiger partial charge in [-0.15, -0.1) is 11.6 Å². The van der Waals surface area contributed by atoms with E-state index in [9.17, 15) is 0 Å². The number of para-hydroxylation sites is 1. The van der Waals surface area contributed by atoms with Crippen LogP contribution in [0.5, 0.6) is 0 Å². The summed E-state index contributed by atoms with van der Waals surface area (Å²) in [7, 11) is 0. The first-order chi connectivity index (χ1) is 8.66. The highest BCUT2D eigenvalue weighted by Crippen LogP contribution is 2.27. The first-order valence-electron chi connectivity index (χ1n) is 5.88. The van der Waals surface area contributed by atoms with Gasteiger partial charge in [-0.05, 0) is 36.2 Å². The number of benzene rings is 2. The van der Waals surface area contributed by atoms with Gasteiger partial charge in [0, 0.05) is 17.3 Å². The van der Waals surface area contributed by atoms with Crippen molar-refractivity contribution in [2.24, 2.45) is 0 Å². The van der Waals surface area contributed by atoms with Crippen LogP contribution in [0.15, 0.2) is 48.5 Å². The van der Waals surface area contributed by atoms with Crippen molar-refractivity contribution >= 4 is 28.9 Å². The summed E-state index contributed by atoms with van der Waals surface area (Å²) in [4.78, 5) is 0. The number of alkyl halides is 1. The second kappa shape index (κ2) is 6.12. The molecule has 1 unspecified atom stereocenters. The highest BCUT2D eigenvalue weighted by atomic mass is 35.5. The Balaban J connectivity index is 2.11. The lowest BCUT2D eigenvalue weighted by molar-refractivity contribution is 1.06. The lowest BCUT2D eigenvalue weighted by Gasteiger charge is -2.13. The molecule has 1 nitrogen and oxygen atoms in total. The Kier molecular flexibility index (Phi) is 4.51. The van der Waals surface area contributed by atoms with Crippen LogP contribution in [0, 0.1) is 0 Å². The normalized spacial score (nSPS) is 12.2. The van der Waals surface area contributed by atoms with Gasteiger partial charge in [-0.2, -0.15) is 0 Å². The molecule has 94 valence electrons. The predicted molar refractivity (Wildman–Crippen MR) is 79.5 cm³/mol. The maximum absolute atomic E-state index is 6.15. The van der Waals surface area contributed by atoms with Crippen LogP contribution in [0.2, 0.25) is 5.02 Å². The van der Waals surface area contributed by atoms with Gasteiger partial charge in [0.15, 0.2) is 0 Å². The Hall–Kier alpha value is -1.18. The average Bonchev–Trinajstić information content (AvgIpc) is 2.37. The van der Waals surface area contributed by atoms with Gasteiger partial charge in [0.05, 0.1) is 5.38 Å². The van der Waals surface area contributed by atoms with Gasteiger partial charge < -0.3 is 5.32 Å². The SMILES string of the molecule is CC(Cl)c1ccccc1NCc1cccc(Cl)c1. The van der Waals surface area contributed by atoms with Crippen molar-refractivity contribution in [1.82, 2.24) is 0 Å². The van der Waals surface area contributed by atoms with Gasteiger partial charge in [-0.25, -0.2) is 0 Å². The van der Waals surface area contributed by atoms with Crippen molar-refractivity contribution in [1.29, 1.82) is 0 Å². The highest BCUT2D eigenvalue weighted by Gasteiger charge is 2.06. The molecule has 2 aromatic rings. The van der Waals surface area contributed by atoms with Crippen molar-refractivity contribution in [3.8, 4) is 0 Å². The van der Waals surface area contributed by atoms with Crippen LogP contribution in [0.25, 0.3) is 0 Å². The molecule has 3 heteroatoms. The molecule has 0 aliphatic rings. The zero-order valence-corrected chi connectivity index (χ0v) is 11.7. The van der Waals surface area contributed by atoms with Crippen molar-refractivity contribution in [3.05, 3.63) is 64.7 Å². The molecular formula is C15H15Cl2N. The minimum absolute atomic E-state index is 0.00642. The predicted octanol–water partition coefficient (Wildman–Crippen LogP) is 5.25.